The lowest BCUT2D eigenvalue weighted by atomic mass is 10.1. The lowest BCUT2D eigenvalue weighted by molar-refractivity contribution is 0.314. The van der Waals surface area contributed by atoms with Gasteiger partial charge in [-0.2, -0.15) is 0 Å². The van der Waals surface area contributed by atoms with E-state index in [1.165, 1.54) is 6.07 Å². The van der Waals surface area contributed by atoms with Gasteiger partial charge >= 0.3 is 0 Å². The molecular formula is C13H20FNO. The van der Waals surface area contributed by atoms with Crippen LogP contribution in [0.5, 0.6) is 5.75 Å². The summed E-state index contributed by atoms with van der Waals surface area (Å²) in [4.78, 5) is 0. The number of para-hydroxylation sites is 1. The van der Waals surface area contributed by atoms with Crippen LogP contribution < -0.4 is 10.1 Å². The molecule has 0 atom stereocenters. The first-order valence-electron chi connectivity index (χ1n) is 5.59. The molecule has 2 nitrogen and oxygen atoms in total. The highest BCUT2D eigenvalue weighted by atomic mass is 19.1. The minimum absolute atomic E-state index is 0.00972. The first-order chi connectivity index (χ1) is 7.44. The Bertz CT molecular complexity index is 344. The van der Waals surface area contributed by atoms with Gasteiger partial charge in [-0.05, 0) is 33.8 Å². The molecule has 1 rings (SSSR count). The molecule has 1 aromatic carbocycles. The molecule has 0 saturated carbocycles. The third-order valence-corrected chi connectivity index (χ3v) is 2.15. The summed E-state index contributed by atoms with van der Waals surface area (Å²) in [7, 11) is 0. The monoisotopic (exact) mass is 225 g/mol. The van der Waals surface area contributed by atoms with Gasteiger partial charge in [0.05, 0.1) is 6.61 Å². The molecule has 0 fully saturated rings. The first kappa shape index (κ1) is 13.0. The molecule has 16 heavy (non-hydrogen) atoms. The summed E-state index contributed by atoms with van der Waals surface area (Å²) in [6, 6.07) is 5.01. The molecule has 0 amide bonds. The van der Waals surface area contributed by atoms with Crippen molar-refractivity contribution in [1.82, 2.24) is 5.32 Å². The molecule has 0 saturated heterocycles. The molecule has 0 aliphatic rings. The molecule has 0 aromatic heterocycles. The fourth-order valence-corrected chi connectivity index (χ4v) is 1.36. The van der Waals surface area contributed by atoms with Gasteiger partial charge in [0.15, 0.2) is 11.6 Å². The second-order valence-corrected chi connectivity index (χ2v) is 4.76. The van der Waals surface area contributed by atoms with Crippen LogP contribution >= 0.6 is 0 Å². The lowest BCUT2D eigenvalue weighted by Gasteiger charge is -2.21. The largest absolute Gasteiger partial charge is 0.490 e. The van der Waals surface area contributed by atoms with Gasteiger partial charge in [0.1, 0.15) is 0 Å². The maximum absolute atomic E-state index is 13.5. The number of benzene rings is 1. The molecule has 90 valence electrons. The van der Waals surface area contributed by atoms with E-state index >= 15 is 0 Å². The van der Waals surface area contributed by atoms with Crippen molar-refractivity contribution in [3.63, 3.8) is 0 Å². The van der Waals surface area contributed by atoms with Crippen LogP contribution in [0.2, 0.25) is 0 Å². The topological polar surface area (TPSA) is 21.3 Å². The fraction of sp³-hybridized carbons (Fsp3) is 0.538. The van der Waals surface area contributed by atoms with Crippen LogP contribution in [-0.4, -0.2) is 12.1 Å². The predicted octanol–water partition coefficient (Wildman–Crippen LogP) is 3.11. The predicted molar refractivity (Wildman–Crippen MR) is 64.2 cm³/mol. The van der Waals surface area contributed by atoms with Crippen molar-refractivity contribution in [1.29, 1.82) is 0 Å². The molecule has 0 aliphatic heterocycles. The van der Waals surface area contributed by atoms with Gasteiger partial charge in [0, 0.05) is 17.6 Å². The molecule has 0 unspecified atom stereocenters. The summed E-state index contributed by atoms with van der Waals surface area (Å²) < 4.78 is 18.8. The number of ether oxygens (including phenoxy) is 1. The smallest absolute Gasteiger partial charge is 0.165 e. The van der Waals surface area contributed by atoms with E-state index in [0.29, 0.717) is 18.9 Å². The van der Waals surface area contributed by atoms with Gasteiger partial charge in [0.2, 0.25) is 0 Å². The first-order valence-corrected chi connectivity index (χ1v) is 5.59. The van der Waals surface area contributed by atoms with Crippen molar-refractivity contribution in [2.45, 2.75) is 39.8 Å². The van der Waals surface area contributed by atoms with Crippen LogP contribution in [-0.2, 0) is 6.54 Å². The molecule has 3 heteroatoms. The molecule has 0 spiro atoms. The molecular weight excluding hydrogens is 205 g/mol. The Morgan fingerprint density at radius 3 is 2.56 bits per heavy atom. The van der Waals surface area contributed by atoms with Crippen LogP contribution in [0.3, 0.4) is 0 Å². The van der Waals surface area contributed by atoms with Crippen molar-refractivity contribution < 1.29 is 9.13 Å². The zero-order valence-electron chi connectivity index (χ0n) is 10.4. The van der Waals surface area contributed by atoms with Crippen molar-refractivity contribution in [3.8, 4) is 5.75 Å². The third kappa shape index (κ3) is 3.81. The number of rotatable bonds is 4. The summed E-state index contributed by atoms with van der Waals surface area (Å²) in [5, 5.41) is 3.32. The second-order valence-electron chi connectivity index (χ2n) is 4.76. The van der Waals surface area contributed by atoms with E-state index in [-0.39, 0.29) is 11.4 Å². The number of hydrogen-bond donors (Lipinski definition) is 1. The average Bonchev–Trinajstić information content (AvgIpc) is 2.18. The van der Waals surface area contributed by atoms with Gasteiger partial charge in [-0.15, -0.1) is 0 Å². The van der Waals surface area contributed by atoms with E-state index in [4.69, 9.17) is 4.74 Å². The molecule has 1 aromatic rings. The minimum atomic E-state index is -0.296. The Kier molecular flexibility index (Phi) is 4.30. The zero-order chi connectivity index (χ0) is 12.2. The zero-order valence-corrected chi connectivity index (χ0v) is 10.4. The highest BCUT2D eigenvalue weighted by Gasteiger charge is 2.13. The Hall–Kier alpha value is -1.09. The van der Waals surface area contributed by atoms with Crippen molar-refractivity contribution in [2.24, 2.45) is 0 Å². The fourth-order valence-electron chi connectivity index (χ4n) is 1.36. The highest BCUT2D eigenvalue weighted by molar-refractivity contribution is 5.35. The maximum atomic E-state index is 13.5. The Balaban J connectivity index is 2.82. The van der Waals surface area contributed by atoms with Crippen LogP contribution in [0.1, 0.15) is 33.3 Å². The van der Waals surface area contributed by atoms with Crippen LogP contribution in [0, 0.1) is 5.82 Å². The van der Waals surface area contributed by atoms with E-state index in [9.17, 15) is 4.39 Å². The van der Waals surface area contributed by atoms with Crippen LogP contribution in [0.4, 0.5) is 4.39 Å². The van der Waals surface area contributed by atoms with Gasteiger partial charge in [-0.3, -0.25) is 0 Å². The SMILES string of the molecule is CCOc1c(F)cccc1CNC(C)(C)C. The molecule has 1 N–H and O–H groups in total. The van der Waals surface area contributed by atoms with E-state index < -0.39 is 0 Å². The second kappa shape index (κ2) is 5.30. The van der Waals surface area contributed by atoms with Gasteiger partial charge in [-0.25, -0.2) is 4.39 Å². The van der Waals surface area contributed by atoms with Gasteiger partial charge < -0.3 is 10.1 Å². The van der Waals surface area contributed by atoms with Crippen molar-refractivity contribution in [3.05, 3.63) is 29.6 Å². The molecule has 0 aliphatic carbocycles. The van der Waals surface area contributed by atoms with E-state index in [1.54, 1.807) is 6.07 Å². The van der Waals surface area contributed by atoms with E-state index in [2.05, 4.69) is 26.1 Å². The standard InChI is InChI=1S/C13H20FNO/c1-5-16-12-10(7-6-8-11(12)14)9-15-13(2,3)4/h6-8,15H,5,9H2,1-4H3. The third-order valence-electron chi connectivity index (χ3n) is 2.15. The van der Waals surface area contributed by atoms with Gasteiger partial charge in [-0.1, -0.05) is 12.1 Å². The number of hydrogen-bond acceptors (Lipinski definition) is 2. The normalized spacial score (nSPS) is 11.6. The minimum Gasteiger partial charge on any atom is -0.490 e. The number of nitrogens with one attached hydrogen (secondary N) is 1. The van der Waals surface area contributed by atoms with E-state index in [1.807, 2.05) is 13.0 Å². The Labute approximate surface area is 96.8 Å². The van der Waals surface area contributed by atoms with Crippen molar-refractivity contribution in [2.75, 3.05) is 6.61 Å². The van der Waals surface area contributed by atoms with Crippen molar-refractivity contribution >= 4 is 0 Å². The van der Waals surface area contributed by atoms with E-state index in [0.717, 1.165) is 5.56 Å². The highest BCUT2D eigenvalue weighted by Crippen LogP contribution is 2.23. The summed E-state index contributed by atoms with van der Waals surface area (Å²) in [5.41, 5.74) is 0.868. The maximum Gasteiger partial charge on any atom is 0.165 e. The number of halogens is 1. The van der Waals surface area contributed by atoms with Crippen LogP contribution in [0.15, 0.2) is 18.2 Å². The van der Waals surface area contributed by atoms with Crippen LogP contribution in [0.25, 0.3) is 0 Å². The lowest BCUT2D eigenvalue weighted by Crippen LogP contribution is -2.35. The summed E-state index contributed by atoms with van der Waals surface area (Å²) in [6.07, 6.45) is 0. The summed E-state index contributed by atoms with van der Waals surface area (Å²) in [6.45, 7) is 9.17. The quantitative estimate of drug-likeness (QED) is 0.850. The average molecular weight is 225 g/mol. The molecule has 0 bridgehead atoms. The summed E-state index contributed by atoms with van der Waals surface area (Å²) >= 11 is 0. The summed E-state index contributed by atoms with van der Waals surface area (Å²) in [5.74, 6) is 0.0665. The molecule has 0 radical (unpaired) electrons. The van der Waals surface area contributed by atoms with Gasteiger partial charge in [0.25, 0.3) is 0 Å². The molecule has 0 heterocycles. The Morgan fingerprint density at radius 2 is 2.00 bits per heavy atom. The Morgan fingerprint density at radius 1 is 1.31 bits per heavy atom.